The minimum atomic E-state index is -3.39. The van der Waals surface area contributed by atoms with Gasteiger partial charge in [-0.3, -0.25) is 70.9 Å². The number of hydrogen-bond acceptors (Lipinski definition) is 18. The fourth-order valence-electron chi connectivity index (χ4n) is 2.96. The third kappa shape index (κ3) is 9.51. The number of carboxylic acids is 2. The van der Waals surface area contributed by atoms with Crippen LogP contribution in [0.5, 0.6) is 0 Å². The van der Waals surface area contributed by atoms with Crippen molar-refractivity contribution in [3.63, 3.8) is 0 Å². The lowest BCUT2D eigenvalue weighted by Gasteiger charge is -2.27. The first-order valence-electron chi connectivity index (χ1n) is 11.1. The van der Waals surface area contributed by atoms with Crippen molar-refractivity contribution in [2.45, 2.75) is 31.3 Å². The molecule has 0 fully saturated rings. The molecule has 0 unspecified atom stereocenters. The van der Waals surface area contributed by atoms with Crippen LogP contribution in [-0.4, -0.2) is 122 Å². The van der Waals surface area contributed by atoms with Crippen molar-refractivity contribution in [3.8, 4) is 0 Å². The number of fused-ring (bicyclic) bond motifs is 2. The quantitative estimate of drug-likeness (QED) is 0.0893. The van der Waals surface area contributed by atoms with Crippen molar-refractivity contribution in [2.75, 3.05) is 14.1 Å². The van der Waals surface area contributed by atoms with E-state index in [1.165, 1.54) is 13.0 Å². The minimum absolute atomic E-state index is 0.117. The molecule has 0 radical (unpaired) electrons. The first-order chi connectivity index (χ1) is 19.1. The summed E-state index contributed by atoms with van der Waals surface area (Å²) in [5, 5.41) is 121. The number of aliphatic hydroxyl groups is 12. The number of carbonyl (C=O) groups excluding carboxylic acids is 2. The highest BCUT2D eigenvalue weighted by molar-refractivity contribution is 6.01. The molecule has 0 aliphatic carbocycles. The number of pyridine rings is 2. The van der Waals surface area contributed by atoms with Crippen molar-refractivity contribution in [3.05, 3.63) is 55.6 Å². The van der Waals surface area contributed by atoms with Crippen LogP contribution < -0.4 is 30.9 Å². The van der Waals surface area contributed by atoms with Gasteiger partial charge >= 0.3 is 24.4 Å². The molecule has 0 atom stereocenters. The third-order valence-corrected chi connectivity index (χ3v) is 5.63. The summed E-state index contributed by atoms with van der Waals surface area (Å²) in [7, 11) is 1.50. The molecule has 2 aromatic heterocycles. The maximum atomic E-state index is 12.1. The van der Waals surface area contributed by atoms with E-state index in [-0.39, 0.29) is 21.8 Å². The normalized spacial score (nSPS) is 12.6. The fourth-order valence-corrected chi connectivity index (χ4v) is 2.96. The zero-order chi connectivity index (χ0) is 34.0. The fraction of sp³-hybridized carbons (Fsp3) is 0.333. The molecule has 0 saturated heterocycles. The van der Waals surface area contributed by atoms with Gasteiger partial charge in [-0.2, -0.15) is 9.80 Å². The minimum Gasteiger partial charge on any atom is -0.543 e. The number of aromatic carboxylic acids is 2. The molecular weight excluding hydrogens is 596 g/mol. The van der Waals surface area contributed by atoms with Crippen molar-refractivity contribution in [2.24, 2.45) is 0 Å². The van der Waals surface area contributed by atoms with Crippen LogP contribution in [0.3, 0.4) is 0 Å². The summed E-state index contributed by atoms with van der Waals surface area (Å²) in [6.07, 6.45) is -13.6. The molecule has 0 amide bonds. The van der Waals surface area contributed by atoms with E-state index in [2.05, 4.69) is 9.97 Å². The van der Waals surface area contributed by atoms with Crippen LogP contribution in [0.15, 0.2) is 27.8 Å². The van der Waals surface area contributed by atoms with Gasteiger partial charge in [0.15, 0.2) is 10.9 Å². The van der Waals surface area contributed by atoms with E-state index in [4.69, 9.17) is 61.3 Å². The summed E-state index contributed by atoms with van der Waals surface area (Å²) in [5.74, 6) is -3.11. The molecule has 0 spiro atoms. The lowest BCUT2D eigenvalue weighted by atomic mass is 10.0. The lowest BCUT2D eigenvalue weighted by molar-refractivity contribution is -1.12. The Morgan fingerprint density at radius 1 is 0.605 bits per heavy atom. The Bertz CT molecular complexity index is 1460. The van der Waals surface area contributed by atoms with Crippen LogP contribution in [0.1, 0.15) is 26.5 Å². The summed E-state index contributed by atoms with van der Waals surface area (Å²) in [4.78, 5) is 48.9. The van der Waals surface area contributed by atoms with Gasteiger partial charge in [-0.25, -0.2) is 0 Å². The van der Waals surface area contributed by atoms with Crippen molar-refractivity contribution in [1.29, 1.82) is 0 Å². The van der Waals surface area contributed by atoms with E-state index in [0.29, 0.717) is 5.56 Å². The Hall–Kier alpha value is -3.98. The topological polar surface area (TPSA) is 398 Å². The van der Waals surface area contributed by atoms with Crippen LogP contribution in [-0.2, 0) is 0 Å². The van der Waals surface area contributed by atoms with Crippen molar-refractivity contribution < 1.29 is 90.9 Å². The molecule has 1 aromatic carbocycles. The summed E-state index contributed by atoms with van der Waals surface area (Å²) < 4.78 is 0. The van der Waals surface area contributed by atoms with Gasteiger partial charge in [0.05, 0.1) is 48.5 Å². The molecule has 0 saturated carbocycles. The van der Waals surface area contributed by atoms with Gasteiger partial charge in [-0.05, 0) is 18.6 Å². The summed E-state index contributed by atoms with van der Waals surface area (Å²) >= 11 is 0. The van der Waals surface area contributed by atoms with Gasteiger partial charge in [0.1, 0.15) is 0 Å². The highest BCUT2D eigenvalue weighted by Crippen LogP contribution is 2.22. The zero-order valence-electron chi connectivity index (χ0n) is 22.0. The lowest BCUT2D eigenvalue weighted by Crippen LogP contribution is -3.26. The highest BCUT2D eigenvalue weighted by Gasteiger charge is 2.46. The van der Waals surface area contributed by atoms with Crippen LogP contribution in [0.2, 0.25) is 0 Å². The Balaban J connectivity index is 0.000000386. The predicted molar refractivity (Wildman–Crippen MR) is 127 cm³/mol. The largest absolute Gasteiger partial charge is 0.543 e. The zero-order valence-corrected chi connectivity index (χ0v) is 22.0. The van der Waals surface area contributed by atoms with Gasteiger partial charge in [-0.1, -0.05) is 0 Å². The summed E-state index contributed by atoms with van der Waals surface area (Å²) in [5.41, 5.74) is -1.33. The number of hydrogen-bond donors (Lipinski definition) is 16. The van der Waals surface area contributed by atoms with E-state index in [1.807, 2.05) is 0 Å². The highest BCUT2D eigenvalue weighted by atomic mass is 16.8. The van der Waals surface area contributed by atoms with Crippen LogP contribution in [0.25, 0.3) is 21.8 Å². The predicted octanol–water partition coefficient (Wildman–Crippen LogP) is -12.2. The molecule has 0 bridgehead atoms. The second kappa shape index (κ2) is 12.7. The van der Waals surface area contributed by atoms with E-state index in [0.717, 1.165) is 26.2 Å². The first kappa shape index (κ1) is 37.0. The second-order valence-electron chi connectivity index (χ2n) is 8.81. The summed E-state index contributed by atoms with van der Waals surface area (Å²) in [6, 6.07) is 3.02. The Labute approximate surface area is 236 Å². The number of aromatic amines is 2. The molecule has 240 valence electrons. The average molecular weight is 624 g/mol. The van der Waals surface area contributed by atoms with Gasteiger partial charge in [0.25, 0.3) is 0 Å². The van der Waals surface area contributed by atoms with Gasteiger partial charge in [0.2, 0.25) is 0 Å². The van der Waals surface area contributed by atoms with E-state index in [9.17, 15) is 29.4 Å². The molecule has 2 heterocycles. The molecule has 0 aliphatic rings. The molecule has 3 aromatic rings. The molecule has 0 aliphatic heterocycles. The van der Waals surface area contributed by atoms with E-state index >= 15 is 0 Å². The third-order valence-electron chi connectivity index (χ3n) is 5.63. The number of quaternary nitrogens is 2. The number of aryl methyl sites for hydroxylation is 1. The average Bonchev–Trinajstić information content (AvgIpc) is 2.82. The number of benzene rings is 1. The standard InChI is InChI=1S/C15H10N2O6.2C3H9NO6/c1-5-12-6(10(18)3-8(16-12)14(20)21)2-7-11(19)4-9(15(22)23)17-13(5)7;2*1-4(2(5,6)7)3(8,9)10/h2-4H,1H3,(H,16,18)(H,17,19)(H,20,21)(H,22,23);2*5-10H,1H3. The number of aromatic nitrogens is 2. The number of nitrogens with one attached hydrogen (secondary N) is 4. The van der Waals surface area contributed by atoms with Crippen molar-refractivity contribution in [1.82, 2.24) is 9.97 Å². The number of carboxylic acid groups (broad SMARTS) is 2. The number of carbonyl (C=O) groups is 2. The number of H-pyrrole nitrogens is 2. The van der Waals surface area contributed by atoms with Gasteiger partial charge in [-0.15, -0.1) is 0 Å². The molecule has 3 rings (SSSR count). The van der Waals surface area contributed by atoms with E-state index in [1.54, 1.807) is 0 Å². The molecular formula is C21H28N4O18. The SMILES string of the molecule is C[NH+](C(O)(O)O)C(O)(O)O.C[NH+](C(O)(O)O)C(O)(O)O.Cc1c2[nH]c(C(=O)[O-])cc(=O)c2cc2c(=O)cc(C(=O)[O-])[nH]c12. The second-order valence-corrected chi connectivity index (χ2v) is 8.81. The molecule has 43 heavy (non-hydrogen) atoms. The summed E-state index contributed by atoms with van der Waals surface area (Å²) in [6.45, 7) is 1.52. The van der Waals surface area contributed by atoms with Crippen LogP contribution >= 0.6 is 0 Å². The van der Waals surface area contributed by atoms with Gasteiger partial charge in [0, 0.05) is 22.9 Å². The Morgan fingerprint density at radius 2 is 0.860 bits per heavy atom. The first-order valence-corrected chi connectivity index (χ1v) is 11.1. The van der Waals surface area contributed by atoms with Crippen LogP contribution in [0, 0.1) is 6.92 Å². The van der Waals surface area contributed by atoms with Crippen LogP contribution in [0.4, 0.5) is 0 Å². The maximum absolute atomic E-state index is 12.1. The maximum Gasteiger partial charge on any atom is 0.446 e. The molecule has 22 nitrogen and oxygen atoms in total. The molecule has 16 N–H and O–H groups in total. The Morgan fingerprint density at radius 3 is 1.05 bits per heavy atom. The van der Waals surface area contributed by atoms with E-state index < -0.39 is 68.4 Å². The molecule has 22 heteroatoms. The van der Waals surface area contributed by atoms with Crippen molar-refractivity contribution >= 4 is 33.7 Å². The van der Waals surface area contributed by atoms with Gasteiger partial charge < -0.3 is 29.8 Å². The smallest absolute Gasteiger partial charge is 0.446 e. The number of rotatable bonds is 6. The monoisotopic (exact) mass is 624 g/mol. The Kier molecular flexibility index (Phi) is 11.0.